The smallest absolute Gasteiger partial charge is 0.225 e. The second-order valence-corrected chi connectivity index (χ2v) is 4.96. The number of carbonyl (C=O) groups is 1. The second kappa shape index (κ2) is 4.97. The normalized spacial score (nSPS) is 28.3. The van der Waals surface area contributed by atoms with E-state index in [1.54, 1.807) is 0 Å². The van der Waals surface area contributed by atoms with Crippen LogP contribution in [0.2, 0.25) is 0 Å². The summed E-state index contributed by atoms with van der Waals surface area (Å²) in [6.07, 6.45) is 6.73. The molecule has 1 N–H and O–H groups in total. The van der Waals surface area contributed by atoms with Gasteiger partial charge in [-0.2, -0.15) is 0 Å². The Morgan fingerprint density at radius 2 is 1.93 bits per heavy atom. The molecule has 86 valence electrons. The van der Waals surface area contributed by atoms with Crippen LogP contribution >= 0.6 is 0 Å². The number of hydrogen-bond acceptors (Lipinski definition) is 2. The lowest BCUT2D eigenvalue weighted by Gasteiger charge is -2.33. The van der Waals surface area contributed by atoms with Crippen molar-refractivity contribution in [1.82, 2.24) is 4.90 Å². The number of nitrogens with zero attached hydrogens (tertiary/aromatic N) is 1. The number of likely N-dealkylation sites (tertiary alicyclic amines) is 1. The summed E-state index contributed by atoms with van der Waals surface area (Å²) in [4.78, 5) is 14.1. The van der Waals surface area contributed by atoms with Gasteiger partial charge in [-0.25, -0.2) is 0 Å². The predicted octanol–water partition coefficient (Wildman–Crippen LogP) is 1.41. The summed E-state index contributed by atoms with van der Waals surface area (Å²) < 4.78 is 0. The molecule has 0 aromatic carbocycles. The Hall–Kier alpha value is -0.570. The number of carbonyl (C=O) groups excluding carboxylic acids is 1. The maximum atomic E-state index is 12.1. The lowest BCUT2D eigenvalue weighted by atomic mass is 9.97. The molecule has 0 aromatic heterocycles. The van der Waals surface area contributed by atoms with E-state index in [2.05, 4.69) is 0 Å². The lowest BCUT2D eigenvalue weighted by Crippen LogP contribution is -2.43. The Bertz CT molecular complexity index is 224. The van der Waals surface area contributed by atoms with E-state index in [0.29, 0.717) is 17.7 Å². The van der Waals surface area contributed by atoms with Crippen LogP contribution in [0.1, 0.15) is 38.5 Å². The zero-order valence-electron chi connectivity index (χ0n) is 9.32. The molecule has 0 unspecified atom stereocenters. The molecule has 0 bridgehead atoms. The quantitative estimate of drug-likeness (QED) is 0.750. The minimum atomic E-state index is 0.231. The fraction of sp³-hybridized carbons (Fsp3) is 0.917. The monoisotopic (exact) mass is 211 g/mol. The van der Waals surface area contributed by atoms with Crippen LogP contribution in [0.5, 0.6) is 0 Å². The summed E-state index contributed by atoms with van der Waals surface area (Å²) in [7, 11) is 0. The van der Waals surface area contributed by atoms with Gasteiger partial charge in [0.15, 0.2) is 0 Å². The standard InChI is InChI=1S/C12H21NO2/c14-9-10-4-3-7-13(8-10)12(15)11-5-1-2-6-11/h10-11,14H,1-9H2/t10-/m0/s1. The number of aliphatic hydroxyl groups is 1. The zero-order valence-corrected chi connectivity index (χ0v) is 9.32. The van der Waals surface area contributed by atoms with Crippen LogP contribution in [-0.2, 0) is 4.79 Å². The number of amides is 1. The highest BCUT2D eigenvalue weighted by molar-refractivity contribution is 5.79. The molecule has 1 saturated heterocycles. The third-order valence-electron chi connectivity index (χ3n) is 3.79. The molecule has 2 fully saturated rings. The molecule has 0 radical (unpaired) electrons. The number of hydrogen-bond donors (Lipinski definition) is 1. The highest BCUT2D eigenvalue weighted by Crippen LogP contribution is 2.28. The van der Waals surface area contributed by atoms with Crippen molar-refractivity contribution in [2.24, 2.45) is 11.8 Å². The molecule has 1 saturated carbocycles. The molecular formula is C12H21NO2. The molecule has 3 nitrogen and oxygen atoms in total. The van der Waals surface area contributed by atoms with E-state index < -0.39 is 0 Å². The van der Waals surface area contributed by atoms with E-state index in [1.807, 2.05) is 4.90 Å². The number of piperidine rings is 1. The van der Waals surface area contributed by atoms with Crippen molar-refractivity contribution < 1.29 is 9.90 Å². The van der Waals surface area contributed by atoms with Gasteiger partial charge in [-0.1, -0.05) is 12.8 Å². The molecular weight excluding hydrogens is 190 g/mol. The van der Waals surface area contributed by atoms with Crippen LogP contribution in [0.25, 0.3) is 0 Å². The van der Waals surface area contributed by atoms with Crippen LogP contribution in [0.3, 0.4) is 0 Å². The van der Waals surface area contributed by atoms with Crippen LogP contribution < -0.4 is 0 Å². The van der Waals surface area contributed by atoms with Gasteiger partial charge in [0.1, 0.15) is 0 Å². The first-order valence-corrected chi connectivity index (χ1v) is 6.21. The SMILES string of the molecule is O=C(C1CCCC1)N1CCC[C@H](CO)C1. The first kappa shape index (κ1) is 10.9. The summed E-state index contributed by atoms with van der Waals surface area (Å²) in [5.74, 6) is 0.970. The van der Waals surface area contributed by atoms with Crippen LogP contribution in [0.4, 0.5) is 0 Å². The highest BCUT2D eigenvalue weighted by Gasteiger charge is 2.30. The molecule has 1 atom stereocenters. The van der Waals surface area contributed by atoms with Crippen molar-refractivity contribution in [2.45, 2.75) is 38.5 Å². The van der Waals surface area contributed by atoms with Gasteiger partial charge >= 0.3 is 0 Å². The summed E-state index contributed by atoms with van der Waals surface area (Å²) in [5.41, 5.74) is 0. The average molecular weight is 211 g/mol. The minimum absolute atomic E-state index is 0.231. The predicted molar refractivity (Wildman–Crippen MR) is 58.3 cm³/mol. The maximum absolute atomic E-state index is 12.1. The Balaban J connectivity index is 1.88. The summed E-state index contributed by atoms with van der Waals surface area (Å²) in [5, 5.41) is 9.12. The molecule has 15 heavy (non-hydrogen) atoms. The number of rotatable bonds is 2. The van der Waals surface area contributed by atoms with Crippen molar-refractivity contribution in [1.29, 1.82) is 0 Å². The lowest BCUT2D eigenvalue weighted by molar-refractivity contribution is -0.137. The largest absolute Gasteiger partial charge is 0.396 e. The molecule has 3 heteroatoms. The van der Waals surface area contributed by atoms with Crippen molar-refractivity contribution >= 4 is 5.91 Å². The van der Waals surface area contributed by atoms with Crippen molar-refractivity contribution in [2.75, 3.05) is 19.7 Å². The van der Waals surface area contributed by atoms with E-state index in [9.17, 15) is 4.79 Å². The number of aliphatic hydroxyl groups excluding tert-OH is 1. The van der Waals surface area contributed by atoms with Gasteiger partial charge in [-0.15, -0.1) is 0 Å². The van der Waals surface area contributed by atoms with E-state index >= 15 is 0 Å². The molecule has 0 aromatic rings. The topological polar surface area (TPSA) is 40.5 Å². The third kappa shape index (κ3) is 2.51. The second-order valence-electron chi connectivity index (χ2n) is 4.96. The van der Waals surface area contributed by atoms with E-state index in [1.165, 1.54) is 12.8 Å². The maximum Gasteiger partial charge on any atom is 0.225 e. The van der Waals surface area contributed by atoms with Crippen LogP contribution in [-0.4, -0.2) is 35.6 Å². The van der Waals surface area contributed by atoms with Crippen molar-refractivity contribution in [3.8, 4) is 0 Å². The van der Waals surface area contributed by atoms with Gasteiger partial charge in [0, 0.05) is 25.6 Å². The van der Waals surface area contributed by atoms with E-state index in [4.69, 9.17) is 5.11 Å². The van der Waals surface area contributed by atoms with Gasteiger partial charge in [-0.05, 0) is 31.6 Å². The average Bonchev–Trinajstić information content (AvgIpc) is 2.81. The molecule has 1 heterocycles. The Labute approximate surface area is 91.5 Å². The van der Waals surface area contributed by atoms with Gasteiger partial charge in [0.05, 0.1) is 0 Å². The fourth-order valence-electron chi connectivity index (χ4n) is 2.85. The first-order valence-electron chi connectivity index (χ1n) is 6.21. The summed E-state index contributed by atoms with van der Waals surface area (Å²) in [6, 6.07) is 0. The molecule has 1 amide bonds. The molecule has 1 aliphatic carbocycles. The fourth-order valence-corrected chi connectivity index (χ4v) is 2.85. The molecule has 0 spiro atoms. The zero-order chi connectivity index (χ0) is 10.7. The highest BCUT2D eigenvalue weighted by atomic mass is 16.3. The minimum Gasteiger partial charge on any atom is -0.396 e. The van der Waals surface area contributed by atoms with Gasteiger partial charge in [0.2, 0.25) is 5.91 Å². The van der Waals surface area contributed by atoms with Crippen molar-refractivity contribution in [3.63, 3.8) is 0 Å². The molecule has 2 aliphatic rings. The van der Waals surface area contributed by atoms with Crippen LogP contribution in [0, 0.1) is 11.8 Å². The molecule has 2 rings (SSSR count). The van der Waals surface area contributed by atoms with Gasteiger partial charge in [-0.3, -0.25) is 4.79 Å². The van der Waals surface area contributed by atoms with Crippen molar-refractivity contribution in [3.05, 3.63) is 0 Å². The molecule has 1 aliphatic heterocycles. The van der Waals surface area contributed by atoms with E-state index in [-0.39, 0.29) is 6.61 Å². The van der Waals surface area contributed by atoms with Gasteiger partial charge < -0.3 is 10.0 Å². The Morgan fingerprint density at radius 3 is 2.60 bits per heavy atom. The Kier molecular flexibility index (Phi) is 3.62. The third-order valence-corrected chi connectivity index (χ3v) is 3.79. The van der Waals surface area contributed by atoms with Crippen LogP contribution in [0.15, 0.2) is 0 Å². The summed E-state index contributed by atoms with van der Waals surface area (Å²) in [6.45, 7) is 1.92. The first-order chi connectivity index (χ1) is 7.31. The van der Waals surface area contributed by atoms with E-state index in [0.717, 1.165) is 38.8 Å². The summed E-state index contributed by atoms with van der Waals surface area (Å²) >= 11 is 0. The Morgan fingerprint density at radius 1 is 1.20 bits per heavy atom. The van der Waals surface area contributed by atoms with Gasteiger partial charge in [0.25, 0.3) is 0 Å².